The van der Waals surface area contributed by atoms with Crippen molar-refractivity contribution in [2.24, 2.45) is 0 Å². The van der Waals surface area contributed by atoms with E-state index in [1.165, 1.54) is 33.5 Å². The van der Waals surface area contributed by atoms with Gasteiger partial charge >= 0.3 is 5.97 Å². The summed E-state index contributed by atoms with van der Waals surface area (Å²) in [6.45, 7) is 6.58. The van der Waals surface area contributed by atoms with E-state index in [-0.39, 0.29) is 17.6 Å². The Kier molecular flexibility index (Phi) is 7.57. The molecule has 1 N–H and O–H groups in total. The number of carbonyl (C=O) groups is 2. The summed E-state index contributed by atoms with van der Waals surface area (Å²) in [5.41, 5.74) is 2.90. The molecule has 1 saturated carbocycles. The number of hydrogen-bond acceptors (Lipinski definition) is 7. The van der Waals surface area contributed by atoms with E-state index in [9.17, 15) is 9.59 Å². The van der Waals surface area contributed by atoms with E-state index in [1.807, 2.05) is 12.1 Å². The Bertz CT molecular complexity index is 1270. The topological polar surface area (TPSA) is 86.1 Å². The lowest BCUT2D eigenvalue weighted by Crippen LogP contribution is -2.17. The molecule has 1 amide bonds. The van der Waals surface area contributed by atoms with Gasteiger partial charge in [-0.15, -0.1) is 28.1 Å². The summed E-state index contributed by atoms with van der Waals surface area (Å²) in [5, 5.41) is 13.2. The summed E-state index contributed by atoms with van der Waals surface area (Å²) in [7, 11) is 0. The zero-order chi connectivity index (χ0) is 25.1. The van der Waals surface area contributed by atoms with E-state index in [0.29, 0.717) is 40.7 Å². The standard InChI is InChI=1S/C27H30N4O3S2/c1-3-14-31-24(20-15-19(20)17-10-6-5-7-11-17)29-30-27(31)35-16-22(32)28-25-23(26(33)34-4-2)18-12-8-9-13-21(18)36-25/h3,5-7,10-11,19-20H,1,4,8-9,12-16H2,2H3,(H,28,32). The number of ether oxygens (including phenoxy) is 1. The van der Waals surface area contributed by atoms with Gasteiger partial charge in [-0.05, 0) is 56.1 Å². The molecule has 1 aromatic carbocycles. The molecule has 0 aliphatic heterocycles. The zero-order valence-corrected chi connectivity index (χ0v) is 22.0. The molecule has 36 heavy (non-hydrogen) atoms. The maximum Gasteiger partial charge on any atom is 0.341 e. The number of esters is 1. The van der Waals surface area contributed by atoms with Crippen molar-refractivity contribution >= 4 is 40.0 Å². The van der Waals surface area contributed by atoms with E-state index < -0.39 is 0 Å². The minimum absolute atomic E-state index is 0.174. The van der Waals surface area contributed by atoms with Gasteiger partial charge in [-0.1, -0.05) is 48.2 Å². The van der Waals surface area contributed by atoms with Crippen molar-refractivity contribution in [3.05, 3.63) is 70.4 Å². The van der Waals surface area contributed by atoms with Gasteiger partial charge in [0.2, 0.25) is 5.91 Å². The monoisotopic (exact) mass is 522 g/mol. The Morgan fingerprint density at radius 3 is 2.81 bits per heavy atom. The second-order valence-electron chi connectivity index (χ2n) is 9.07. The normalized spacial score (nSPS) is 18.4. The summed E-state index contributed by atoms with van der Waals surface area (Å²) in [4.78, 5) is 26.8. The van der Waals surface area contributed by atoms with Crippen molar-refractivity contribution in [2.45, 2.75) is 62.6 Å². The largest absolute Gasteiger partial charge is 0.462 e. The van der Waals surface area contributed by atoms with Gasteiger partial charge in [0.05, 0.1) is 17.9 Å². The van der Waals surface area contributed by atoms with E-state index >= 15 is 0 Å². The third-order valence-corrected chi connectivity index (χ3v) is 8.82. The van der Waals surface area contributed by atoms with Crippen LogP contribution in [0.3, 0.4) is 0 Å². The highest BCUT2D eigenvalue weighted by molar-refractivity contribution is 7.99. The number of hydrogen-bond donors (Lipinski definition) is 1. The van der Waals surface area contributed by atoms with Crippen LogP contribution in [0.4, 0.5) is 5.00 Å². The van der Waals surface area contributed by atoms with Crippen molar-refractivity contribution in [1.82, 2.24) is 14.8 Å². The zero-order valence-electron chi connectivity index (χ0n) is 20.4. The maximum atomic E-state index is 12.9. The fourth-order valence-electron chi connectivity index (χ4n) is 4.90. The molecule has 0 saturated heterocycles. The molecule has 0 radical (unpaired) electrons. The van der Waals surface area contributed by atoms with Crippen LogP contribution < -0.4 is 5.32 Å². The quantitative estimate of drug-likeness (QED) is 0.212. The van der Waals surface area contributed by atoms with Crippen LogP contribution in [0.15, 0.2) is 48.1 Å². The lowest BCUT2D eigenvalue weighted by Gasteiger charge is -2.12. The number of amides is 1. The van der Waals surface area contributed by atoms with Gasteiger partial charge in [-0.2, -0.15) is 0 Å². The van der Waals surface area contributed by atoms with Gasteiger partial charge in [-0.3, -0.25) is 4.79 Å². The van der Waals surface area contributed by atoms with Crippen molar-refractivity contribution in [3.8, 4) is 0 Å². The molecule has 3 aromatic rings. The summed E-state index contributed by atoms with van der Waals surface area (Å²) in [6.07, 6.45) is 6.82. The Morgan fingerprint density at radius 2 is 2.03 bits per heavy atom. The Hall–Kier alpha value is -2.91. The number of anilines is 1. The molecule has 1 fully saturated rings. The molecular weight excluding hydrogens is 492 g/mol. The molecule has 188 valence electrons. The number of carbonyl (C=O) groups excluding carboxylic acids is 2. The first-order chi connectivity index (χ1) is 17.6. The summed E-state index contributed by atoms with van der Waals surface area (Å²) >= 11 is 2.86. The maximum absolute atomic E-state index is 12.9. The molecule has 0 bridgehead atoms. The third kappa shape index (κ3) is 5.13. The first-order valence-electron chi connectivity index (χ1n) is 12.4. The molecule has 7 nitrogen and oxygen atoms in total. The molecule has 2 aliphatic rings. The van der Waals surface area contributed by atoms with Crippen LogP contribution in [0.1, 0.15) is 70.2 Å². The van der Waals surface area contributed by atoms with Crippen LogP contribution in [-0.2, 0) is 28.9 Å². The van der Waals surface area contributed by atoms with Crippen molar-refractivity contribution in [1.29, 1.82) is 0 Å². The molecule has 2 aromatic heterocycles. The van der Waals surface area contributed by atoms with Crippen LogP contribution in [-0.4, -0.2) is 39.0 Å². The van der Waals surface area contributed by atoms with E-state index in [2.05, 4.69) is 50.9 Å². The Labute approximate surface area is 219 Å². The lowest BCUT2D eigenvalue weighted by atomic mass is 9.95. The third-order valence-electron chi connectivity index (χ3n) is 6.64. The minimum Gasteiger partial charge on any atom is -0.462 e. The van der Waals surface area contributed by atoms with Crippen molar-refractivity contribution in [2.75, 3.05) is 17.7 Å². The van der Waals surface area contributed by atoms with Gasteiger partial charge in [0, 0.05) is 17.3 Å². The van der Waals surface area contributed by atoms with Gasteiger partial charge < -0.3 is 14.6 Å². The number of nitrogens with zero attached hydrogens (tertiary/aromatic N) is 3. The second kappa shape index (κ2) is 11.0. The summed E-state index contributed by atoms with van der Waals surface area (Å²) < 4.78 is 7.36. The number of allylic oxidation sites excluding steroid dienone is 1. The lowest BCUT2D eigenvalue weighted by molar-refractivity contribution is -0.113. The fourth-order valence-corrected chi connectivity index (χ4v) is 6.95. The molecular formula is C27H30N4O3S2. The number of aryl methyl sites for hydroxylation is 1. The minimum atomic E-state index is -0.354. The fraction of sp³-hybridized carbons (Fsp3) is 0.407. The predicted molar refractivity (Wildman–Crippen MR) is 143 cm³/mol. The van der Waals surface area contributed by atoms with Crippen LogP contribution in [0.25, 0.3) is 0 Å². The average Bonchev–Trinajstić information content (AvgIpc) is 3.45. The molecule has 2 unspecified atom stereocenters. The van der Waals surface area contributed by atoms with Gasteiger partial charge in [0.1, 0.15) is 10.8 Å². The SMILES string of the molecule is C=CCn1c(SCC(=O)Nc2sc3c(c2C(=O)OCC)CCCC3)nnc1C1CC1c1ccccc1. The highest BCUT2D eigenvalue weighted by Crippen LogP contribution is 2.54. The van der Waals surface area contributed by atoms with Gasteiger partial charge in [-0.25, -0.2) is 4.79 Å². The smallest absolute Gasteiger partial charge is 0.341 e. The molecule has 5 rings (SSSR count). The highest BCUT2D eigenvalue weighted by atomic mass is 32.2. The number of benzene rings is 1. The first kappa shape index (κ1) is 24.8. The van der Waals surface area contributed by atoms with Gasteiger partial charge in [0.15, 0.2) is 5.16 Å². The summed E-state index contributed by atoms with van der Waals surface area (Å²) in [5.74, 6) is 1.37. The van der Waals surface area contributed by atoms with Crippen LogP contribution in [0.5, 0.6) is 0 Å². The first-order valence-corrected chi connectivity index (χ1v) is 14.2. The molecule has 9 heteroatoms. The van der Waals surface area contributed by atoms with Crippen LogP contribution in [0, 0.1) is 0 Å². The van der Waals surface area contributed by atoms with Gasteiger partial charge in [0.25, 0.3) is 0 Å². The van der Waals surface area contributed by atoms with Crippen molar-refractivity contribution in [3.63, 3.8) is 0 Å². The molecule has 2 atom stereocenters. The van der Waals surface area contributed by atoms with Crippen molar-refractivity contribution < 1.29 is 14.3 Å². The Morgan fingerprint density at radius 1 is 1.22 bits per heavy atom. The van der Waals surface area contributed by atoms with E-state index in [4.69, 9.17) is 4.74 Å². The number of thioether (sulfide) groups is 1. The number of fused-ring (bicyclic) bond motifs is 1. The number of thiophene rings is 1. The molecule has 0 spiro atoms. The number of nitrogens with one attached hydrogen (secondary N) is 1. The Balaban J connectivity index is 1.27. The van der Waals surface area contributed by atoms with Crippen LogP contribution in [0.2, 0.25) is 0 Å². The molecule has 2 heterocycles. The summed E-state index contributed by atoms with van der Waals surface area (Å²) in [6, 6.07) is 10.5. The molecule has 2 aliphatic carbocycles. The van der Waals surface area contributed by atoms with E-state index in [0.717, 1.165) is 43.5 Å². The predicted octanol–water partition coefficient (Wildman–Crippen LogP) is 5.58. The number of rotatable bonds is 10. The second-order valence-corrected chi connectivity index (χ2v) is 11.1. The number of aromatic nitrogens is 3. The highest BCUT2D eigenvalue weighted by Gasteiger charge is 2.43. The average molecular weight is 523 g/mol. The van der Waals surface area contributed by atoms with Crippen LogP contribution >= 0.6 is 23.1 Å². The van der Waals surface area contributed by atoms with E-state index in [1.54, 1.807) is 6.92 Å².